The molecule has 10 heteroatoms. The Kier molecular flexibility index (Phi) is 8.60. The zero-order valence-electron chi connectivity index (χ0n) is 18.2. The molecule has 0 aromatic carbocycles. The van der Waals surface area contributed by atoms with Crippen LogP contribution in [0.3, 0.4) is 0 Å². The molecule has 0 spiro atoms. The van der Waals surface area contributed by atoms with E-state index in [-0.39, 0.29) is 11.9 Å². The van der Waals surface area contributed by atoms with E-state index in [1.807, 2.05) is 36.5 Å². The van der Waals surface area contributed by atoms with Crippen LogP contribution in [-0.2, 0) is 13.0 Å². The van der Waals surface area contributed by atoms with Gasteiger partial charge in [-0.15, -0.1) is 22.7 Å². The second-order valence-electron chi connectivity index (χ2n) is 7.53. The number of likely N-dealkylation sites (N-methyl/N-ethyl adjacent to an activating group) is 1. The second-order valence-corrected chi connectivity index (χ2v) is 9.31. The summed E-state index contributed by atoms with van der Waals surface area (Å²) in [5, 5.41) is 11.3. The van der Waals surface area contributed by atoms with Gasteiger partial charge < -0.3 is 26.2 Å². The summed E-state index contributed by atoms with van der Waals surface area (Å²) in [4.78, 5) is 34.5. The molecule has 0 saturated carbocycles. The van der Waals surface area contributed by atoms with E-state index in [1.54, 1.807) is 39.3 Å². The van der Waals surface area contributed by atoms with Crippen LogP contribution in [0.2, 0.25) is 0 Å². The maximum atomic E-state index is 12.8. The average molecular weight is 473 g/mol. The van der Waals surface area contributed by atoms with E-state index < -0.39 is 0 Å². The summed E-state index contributed by atoms with van der Waals surface area (Å²) >= 11 is 3.11. The number of anilines is 2. The molecular weight excluding hydrogens is 444 g/mol. The number of amides is 3. The summed E-state index contributed by atoms with van der Waals surface area (Å²) in [7, 11) is 3.95. The van der Waals surface area contributed by atoms with Crippen molar-refractivity contribution in [1.82, 2.24) is 20.1 Å². The van der Waals surface area contributed by atoms with Crippen LogP contribution in [0.5, 0.6) is 0 Å². The van der Waals surface area contributed by atoms with Gasteiger partial charge in [0.25, 0.3) is 5.91 Å². The molecule has 0 radical (unpaired) electrons. The summed E-state index contributed by atoms with van der Waals surface area (Å²) in [5.74, 6) is -0.322. The van der Waals surface area contributed by atoms with Crippen molar-refractivity contribution in [2.75, 3.05) is 44.8 Å². The van der Waals surface area contributed by atoms with Gasteiger partial charge in [-0.3, -0.25) is 9.78 Å². The molecule has 3 rings (SSSR count). The number of pyridine rings is 1. The van der Waals surface area contributed by atoms with Crippen molar-refractivity contribution in [3.8, 4) is 0 Å². The maximum absolute atomic E-state index is 12.8. The summed E-state index contributed by atoms with van der Waals surface area (Å²) in [5.41, 5.74) is 8.07. The van der Waals surface area contributed by atoms with Gasteiger partial charge in [0.1, 0.15) is 5.69 Å². The molecule has 0 fully saturated rings. The maximum Gasteiger partial charge on any atom is 0.317 e. The van der Waals surface area contributed by atoms with Crippen molar-refractivity contribution in [3.63, 3.8) is 0 Å². The van der Waals surface area contributed by atoms with Crippen LogP contribution >= 0.6 is 22.7 Å². The predicted octanol–water partition coefficient (Wildman–Crippen LogP) is 3.36. The Bertz CT molecular complexity index is 1000. The zero-order valence-corrected chi connectivity index (χ0v) is 19.8. The fourth-order valence-corrected chi connectivity index (χ4v) is 4.28. The standard InChI is InChI=1S/C22H28N6O2S2/c1-27(2)9-10-28(22(30)24-8-7-17-4-3-11-32-17)13-16-5-6-19(25-12-16)21(29)26-20-15-31-14-18(20)23/h3-6,11-12,14-15H,7-10,13,23H2,1-2H3,(H,24,30)(H,26,29). The molecule has 3 amide bonds. The number of carbonyl (C=O) groups excluding carboxylic acids is 2. The van der Waals surface area contributed by atoms with Gasteiger partial charge in [-0.05, 0) is 43.6 Å². The van der Waals surface area contributed by atoms with Crippen LogP contribution in [0, 0.1) is 0 Å². The van der Waals surface area contributed by atoms with Gasteiger partial charge in [-0.2, -0.15) is 0 Å². The summed E-state index contributed by atoms with van der Waals surface area (Å²) < 4.78 is 0. The monoisotopic (exact) mass is 472 g/mol. The number of urea groups is 1. The van der Waals surface area contributed by atoms with Gasteiger partial charge in [0.15, 0.2) is 0 Å². The number of thiophene rings is 2. The van der Waals surface area contributed by atoms with Crippen molar-refractivity contribution in [2.45, 2.75) is 13.0 Å². The topological polar surface area (TPSA) is 104 Å². The summed E-state index contributed by atoms with van der Waals surface area (Å²) in [6, 6.07) is 7.44. The molecule has 0 saturated heterocycles. The normalized spacial score (nSPS) is 10.8. The van der Waals surface area contributed by atoms with Crippen molar-refractivity contribution in [3.05, 3.63) is 62.7 Å². The minimum Gasteiger partial charge on any atom is -0.396 e. The van der Waals surface area contributed by atoms with Gasteiger partial charge in [-0.25, -0.2) is 4.79 Å². The lowest BCUT2D eigenvalue weighted by molar-refractivity contribution is 0.102. The van der Waals surface area contributed by atoms with Gasteiger partial charge in [0.05, 0.1) is 11.4 Å². The lowest BCUT2D eigenvalue weighted by Gasteiger charge is -2.25. The lowest BCUT2D eigenvalue weighted by atomic mass is 10.2. The Morgan fingerprint density at radius 3 is 2.62 bits per heavy atom. The number of nitrogens with two attached hydrogens (primary N) is 1. The fourth-order valence-electron chi connectivity index (χ4n) is 2.90. The zero-order chi connectivity index (χ0) is 22.9. The number of nitrogens with one attached hydrogen (secondary N) is 2. The van der Waals surface area contributed by atoms with Crippen molar-refractivity contribution in [1.29, 1.82) is 0 Å². The van der Waals surface area contributed by atoms with E-state index in [4.69, 9.17) is 5.73 Å². The molecule has 3 heterocycles. The highest BCUT2D eigenvalue weighted by Gasteiger charge is 2.15. The number of nitrogens with zero attached hydrogens (tertiary/aromatic N) is 3. The van der Waals surface area contributed by atoms with E-state index in [2.05, 4.69) is 21.7 Å². The number of nitrogen functional groups attached to an aromatic ring is 1. The SMILES string of the molecule is CN(C)CCN(Cc1ccc(C(=O)Nc2cscc2N)nc1)C(=O)NCCc1cccs1. The average Bonchev–Trinajstić information content (AvgIpc) is 3.43. The Morgan fingerprint density at radius 1 is 1.16 bits per heavy atom. The van der Waals surface area contributed by atoms with E-state index in [0.29, 0.717) is 36.7 Å². The van der Waals surface area contributed by atoms with Crippen molar-refractivity contribution in [2.24, 2.45) is 0 Å². The van der Waals surface area contributed by atoms with Gasteiger partial charge >= 0.3 is 6.03 Å². The number of aromatic nitrogens is 1. The van der Waals surface area contributed by atoms with Crippen LogP contribution in [0.4, 0.5) is 16.2 Å². The van der Waals surface area contributed by atoms with Crippen LogP contribution in [0.25, 0.3) is 0 Å². The third-order valence-corrected chi connectivity index (χ3v) is 6.40. The second kappa shape index (κ2) is 11.6. The first kappa shape index (κ1) is 23.7. The van der Waals surface area contributed by atoms with E-state index in [1.165, 1.54) is 16.2 Å². The molecular formula is C22H28N6O2S2. The number of hydrogen-bond acceptors (Lipinski definition) is 7. The molecule has 3 aromatic rings. The van der Waals surface area contributed by atoms with Crippen LogP contribution < -0.4 is 16.4 Å². The molecule has 3 aromatic heterocycles. The Balaban J connectivity index is 1.58. The summed E-state index contributed by atoms with van der Waals surface area (Å²) in [6.07, 6.45) is 2.44. The quantitative estimate of drug-likeness (QED) is 0.420. The van der Waals surface area contributed by atoms with E-state index in [9.17, 15) is 9.59 Å². The van der Waals surface area contributed by atoms with Crippen LogP contribution in [-0.4, -0.2) is 60.5 Å². The third kappa shape index (κ3) is 7.04. The Labute approximate surface area is 196 Å². The van der Waals surface area contributed by atoms with Crippen LogP contribution in [0.15, 0.2) is 46.6 Å². The first-order valence-electron chi connectivity index (χ1n) is 10.2. The van der Waals surface area contributed by atoms with Gasteiger partial charge in [0.2, 0.25) is 0 Å². The third-order valence-electron chi connectivity index (χ3n) is 4.70. The first-order valence-corrected chi connectivity index (χ1v) is 12.0. The van der Waals surface area contributed by atoms with Crippen molar-refractivity contribution >= 4 is 46.0 Å². The molecule has 0 aliphatic heterocycles. The van der Waals surface area contributed by atoms with Gasteiger partial charge in [0, 0.05) is 48.0 Å². The minimum absolute atomic E-state index is 0.113. The minimum atomic E-state index is -0.322. The first-order chi connectivity index (χ1) is 15.4. The highest BCUT2D eigenvalue weighted by atomic mass is 32.1. The molecule has 0 aliphatic carbocycles. The molecule has 0 bridgehead atoms. The molecule has 4 N–H and O–H groups in total. The fraction of sp³-hybridized carbons (Fsp3) is 0.318. The van der Waals surface area contributed by atoms with E-state index >= 15 is 0 Å². The molecule has 32 heavy (non-hydrogen) atoms. The Morgan fingerprint density at radius 2 is 2.00 bits per heavy atom. The number of rotatable bonds is 10. The molecule has 0 aliphatic rings. The molecule has 0 unspecified atom stereocenters. The highest BCUT2D eigenvalue weighted by Crippen LogP contribution is 2.23. The van der Waals surface area contributed by atoms with E-state index in [0.717, 1.165) is 18.5 Å². The summed E-state index contributed by atoms with van der Waals surface area (Å²) in [6.45, 7) is 2.32. The number of carbonyl (C=O) groups is 2. The largest absolute Gasteiger partial charge is 0.396 e. The molecule has 0 atom stereocenters. The van der Waals surface area contributed by atoms with Gasteiger partial charge in [-0.1, -0.05) is 12.1 Å². The predicted molar refractivity (Wildman–Crippen MR) is 131 cm³/mol. The number of hydrogen-bond donors (Lipinski definition) is 3. The smallest absolute Gasteiger partial charge is 0.317 e. The van der Waals surface area contributed by atoms with Crippen molar-refractivity contribution < 1.29 is 9.59 Å². The lowest BCUT2D eigenvalue weighted by Crippen LogP contribution is -2.43. The Hall–Kier alpha value is -2.95. The van der Waals surface area contributed by atoms with Crippen LogP contribution in [0.1, 0.15) is 20.9 Å². The molecule has 170 valence electrons. The molecule has 8 nitrogen and oxygen atoms in total. The highest BCUT2D eigenvalue weighted by molar-refractivity contribution is 7.10.